The van der Waals surface area contributed by atoms with Crippen molar-refractivity contribution in [2.45, 2.75) is 57.9 Å². The van der Waals surface area contributed by atoms with Gasteiger partial charge in [0, 0.05) is 12.5 Å². The first-order valence-corrected chi connectivity index (χ1v) is 8.13. The standard InChI is InChI=1S/C16H24ClN3O/c1-2-6-16(21)20-14-10-15(13(18)9-12(14)17)19-11-7-4-3-5-8-11/h9-11,19H,2-8,18H2,1H3,(H,20,21). The SMILES string of the molecule is CCCC(=O)Nc1cc(NC2CCCCC2)c(N)cc1Cl. The largest absolute Gasteiger partial charge is 0.397 e. The van der Waals surface area contributed by atoms with Crippen molar-refractivity contribution in [2.75, 3.05) is 16.4 Å². The zero-order valence-electron chi connectivity index (χ0n) is 12.5. The lowest BCUT2D eigenvalue weighted by molar-refractivity contribution is -0.116. The number of halogens is 1. The molecule has 0 saturated heterocycles. The van der Waals surface area contributed by atoms with Crippen molar-refractivity contribution >= 4 is 34.6 Å². The van der Waals surface area contributed by atoms with E-state index in [2.05, 4.69) is 10.6 Å². The Morgan fingerprint density at radius 1 is 1.29 bits per heavy atom. The molecule has 0 atom stereocenters. The van der Waals surface area contributed by atoms with Crippen LogP contribution in [0.5, 0.6) is 0 Å². The van der Waals surface area contributed by atoms with Crippen LogP contribution in [0.3, 0.4) is 0 Å². The highest BCUT2D eigenvalue weighted by molar-refractivity contribution is 6.34. The number of carbonyl (C=O) groups is 1. The normalized spacial score (nSPS) is 15.7. The Bertz CT molecular complexity index is 499. The molecular formula is C16H24ClN3O. The van der Waals surface area contributed by atoms with Crippen molar-refractivity contribution in [3.63, 3.8) is 0 Å². The van der Waals surface area contributed by atoms with Gasteiger partial charge in [0.2, 0.25) is 5.91 Å². The van der Waals surface area contributed by atoms with E-state index in [0.717, 1.165) is 12.1 Å². The molecule has 4 nitrogen and oxygen atoms in total. The molecule has 5 heteroatoms. The van der Waals surface area contributed by atoms with E-state index in [1.54, 1.807) is 6.07 Å². The van der Waals surface area contributed by atoms with Gasteiger partial charge in [-0.3, -0.25) is 4.79 Å². The van der Waals surface area contributed by atoms with Gasteiger partial charge in [-0.25, -0.2) is 0 Å². The molecule has 0 aliphatic heterocycles. The van der Waals surface area contributed by atoms with E-state index in [0.29, 0.717) is 28.9 Å². The Morgan fingerprint density at radius 2 is 2.00 bits per heavy atom. The summed E-state index contributed by atoms with van der Waals surface area (Å²) in [5.74, 6) is -0.0206. The van der Waals surface area contributed by atoms with E-state index < -0.39 is 0 Å². The number of nitrogens with one attached hydrogen (secondary N) is 2. The second-order valence-corrected chi connectivity index (χ2v) is 6.10. The highest BCUT2D eigenvalue weighted by Crippen LogP contribution is 2.33. The van der Waals surface area contributed by atoms with Crippen molar-refractivity contribution in [3.8, 4) is 0 Å². The van der Waals surface area contributed by atoms with Crippen LogP contribution in [0.2, 0.25) is 5.02 Å². The summed E-state index contributed by atoms with van der Waals surface area (Å²) in [6, 6.07) is 4.01. The molecule has 1 saturated carbocycles. The van der Waals surface area contributed by atoms with Gasteiger partial charge in [-0.15, -0.1) is 0 Å². The molecule has 1 amide bonds. The molecule has 116 valence electrons. The van der Waals surface area contributed by atoms with E-state index in [-0.39, 0.29) is 5.91 Å². The molecule has 1 aromatic carbocycles. The fourth-order valence-corrected chi connectivity index (χ4v) is 2.94. The minimum Gasteiger partial charge on any atom is -0.397 e. The molecule has 1 fully saturated rings. The summed E-state index contributed by atoms with van der Waals surface area (Å²) >= 11 is 6.17. The lowest BCUT2D eigenvalue weighted by Crippen LogP contribution is -2.23. The number of hydrogen-bond donors (Lipinski definition) is 3. The molecule has 0 spiro atoms. The van der Waals surface area contributed by atoms with Gasteiger partial charge in [-0.1, -0.05) is 37.8 Å². The third-order valence-electron chi connectivity index (χ3n) is 3.86. The van der Waals surface area contributed by atoms with Crippen LogP contribution in [0.15, 0.2) is 12.1 Å². The summed E-state index contributed by atoms with van der Waals surface area (Å²) in [5, 5.41) is 6.81. The maximum Gasteiger partial charge on any atom is 0.224 e. The van der Waals surface area contributed by atoms with Crippen molar-refractivity contribution < 1.29 is 4.79 Å². The third-order valence-corrected chi connectivity index (χ3v) is 4.17. The van der Waals surface area contributed by atoms with Crippen molar-refractivity contribution in [2.24, 2.45) is 0 Å². The molecule has 21 heavy (non-hydrogen) atoms. The Morgan fingerprint density at radius 3 is 2.67 bits per heavy atom. The Labute approximate surface area is 131 Å². The van der Waals surface area contributed by atoms with Crippen LogP contribution in [0.4, 0.5) is 17.1 Å². The number of nitrogen functional groups attached to an aromatic ring is 1. The molecule has 1 aliphatic carbocycles. The first-order chi connectivity index (χ1) is 10.1. The average Bonchev–Trinajstić information content (AvgIpc) is 2.45. The first-order valence-electron chi connectivity index (χ1n) is 7.75. The maximum atomic E-state index is 11.7. The third kappa shape index (κ3) is 4.53. The molecule has 0 radical (unpaired) electrons. The predicted octanol–water partition coefficient (Wildman–Crippen LogP) is 4.41. The van der Waals surface area contributed by atoms with Crippen LogP contribution < -0.4 is 16.4 Å². The molecule has 0 bridgehead atoms. The van der Waals surface area contributed by atoms with Gasteiger partial charge in [-0.2, -0.15) is 0 Å². The fourth-order valence-electron chi connectivity index (χ4n) is 2.72. The van der Waals surface area contributed by atoms with Gasteiger partial charge in [0.15, 0.2) is 0 Å². The predicted molar refractivity (Wildman–Crippen MR) is 89.9 cm³/mol. The second-order valence-electron chi connectivity index (χ2n) is 5.70. The number of carbonyl (C=O) groups excluding carboxylic acids is 1. The Hall–Kier alpha value is -1.42. The lowest BCUT2D eigenvalue weighted by atomic mass is 9.95. The van der Waals surface area contributed by atoms with Gasteiger partial charge < -0.3 is 16.4 Å². The number of benzene rings is 1. The van der Waals surface area contributed by atoms with E-state index in [9.17, 15) is 4.79 Å². The Kier molecular flexibility index (Phi) is 5.74. The van der Waals surface area contributed by atoms with Crippen LogP contribution in [-0.4, -0.2) is 11.9 Å². The zero-order chi connectivity index (χ0) is 15.2. The number of anilines is 3. The van der Waals surface area contributed by atoms with Crippen LogP contribution in [0.1, 0.15) is 51.9 Å². The van der Waals surface area contributed by atoms with Crippen LogP contribution in [-0.2, 0) is 4.79 Å². The number of amides is 1. The number of hydrogen-bond acceptors (Lipinski definition) is 3. The minimum absolute atomic E-state index is 0.0206. The molecule has 2 rings (SSSR count). The summed E-state index contributed by atoms with van der Waals surface area (Å²) in [4.78, 5) is 11.7. The van der Waals surface area contributed by atoms with Crippen LogP contribution >= 0.6 is 11.6 Å². The van der Waals surface area contributed by atoms with Gasteiger partial charge in [-0.05, 0) is 31.4 Å². The van der Waals surface area contributed by atoms with Crippen molar-refractivity contribution in [3.05, 3.63) is 17.2 Å². The van der Waals surface area contributed by atoms with Crippen molar-refractivity contribution in [1.82, 2.24) is 0 Å². The lowest BCUT2D eigenvalue weighted by Gasteiger charge is -2.25. The smallest absolute Gasteiger partial charge is 0.224 e. The summed E-state index contributed by atoms with van der Waals surface area (Å²) in [6.45, 7) is 1.97. The quantitative estimate of drug-likeness (QED) is 0.706. The molecule has 1 aromatic rings. The summed E-state index contributed by atoms with van der Waals surface area (Å²) in [7, 11) is 0. The van der Waals surface area contributed by atoms with Gasteiger partial charge in [0.1, 0.15) is 0 Å². The number of rotatable bonds is 5. The fraction of sp³-hybridized carbons (Fsp3) is 0.562. The van der Waals surface area contributed by atoms with E-state index in [1.165, 1.54) is 32.1 Å². The highest BCUT2D eigenvalue weighted by Gasteiger charge is 2.16. The summed E-state index contributed by atoms with van der Waals surface area (Å²) < 4.78 is 0. The minimum atomic E-state index is -0.0206. The summed E-state index contributed by atoms with van der Waals surface area (Å²) in [5.41, 5.74) is 8.15. The van der Waals surface area contributed by atoms with Gasteiger partial charge in [0.05, 0.1) is 22.1 Å². The monoisotopic (exact) mass is 309 g/mol. The van der Waals surface area contributed by atoms with Crippen LogP contribution in [0, 0.1) is 0 Å². The molecule has 0 aromatic heterocycles. The maximum absolute atomic E-state index is 11.7. The van der Waals surface area contributed by atoms with Gasteiger partial charge in [0.25, 0.3) is 0 Å². The van der Waals surface area contributed by atoms with Crippen molar-refractivity contribution in [1.29, 1.82) is 0 Å². The molecular weight excluding hydrogens is 286 g/mol. The highest BCUT2D eigenvalue weighted by atomic mass is 35.5. The number of nitrogens with two attached hydrogens (primary N) is 1. The first kappa shape index (κ1) is 16.0. The summed E-state index contributed by atoms with van der Waals surface area (Å²) in [6.07, 6.45) is 7.46. The van der Waals surface area contributed by atoms with Crippen LogP contribution in [0.25, 0.3) is 0 Å². The van der Waals surface area contributed by atoms with E-state index in [4.69, 9.17) is 17.3 Å². The average molecular weight is 310 g/mol. The molecule has 0 unspecified atom stereocenters. The Balaban J connectivity index is 2.11. The molecule has 1 aliphatic rings. The van der Waals surface area contributed by atoms with Gasteiger partial charge >= 0.3 is 0 Å². The zero-order valence-corrected chi connectivity index (χ0v) is 13.3. The topological polar surface area (TPSA) is 67.2 Å². The van der Waals surface area contributed by atoms with E-state index >= 15 is 0 Å². The van der Waals surface area contributed by atoms with E-state index in [1.807, 2.05) is 13.0 Å². The second kappa shape index (κ2) is 7.55. The molecule has 0 heterocycles. The molecule has 4 N–H and O–H groups in total.